The van der Waals surface area contributed by atoms with Crippen LogP contribution < -0.4 is 0 Å². The zero-order valence-electron chi connectivity index (χ0n) is 10.1. The summed E-state index contributed by atoms with van der Waals surface area (Å²) in [6.07, 6.45) is 6.14. The van der Waals surface area contributed by atoms with Crippen LogP contribution in [0, 0.1) is 0 Å². The van der Waals surface area contributed by atoms with E-state index in [9.17, 15) is 5.11 Å². The van der Waals surface area contributed by atoms with E-state index >= 15 is 0 Å². The average molecular weight is 223 g/mol. The maximum Gasteiger partial charge on any atom is 0.0951 e. The molecule has 0 unspecified atom stereocenters. The van der Waals surface area contributed by atoms with Gasteiger partial charge in [-0.3, -0.25) is 4.90 Å². The number of aliphatic hydroxyl groups is 1. The van der Waals surface area contributed by atoms with Crippen molar-refractivity contribution < 1.29 is 5.11 Å². The van der Waals surface area contributed by atoms with Crippen LogP contribution in [0.3, 0.4) is 0 Å². The number of hydrogen-bond donors (Lipinski definition) is 1. The van der Waals surface area contributed by atoms with Gasteiger partial charge in [0.2, 0.25) is 0 Å². The van der Waals surface area contributed by atoms with E-state index in [0.717, 1.165) is 19.5 Å². The molecule has 4 heteroatoms. The highest BCUT2D eigenvalue weighted by Gasteiger charge is 2.24. The Morgan fingerprint density at radius 2 is 2.38 bits per heavy atom. The summed E-state index contributed by atoms with van der Waals surface area (Å²) >= 11 is 0. The number of hydrogen-bond acceptors (Lipinski definition) is 3. The third-order valence-electron chi connectivity index (χ3n) is 3.38. The molecule has 0 amide bonds. The van der Waals surface area contributed by atoms with Crippen molar-refractivity contribution in [1.82, 2.24) is 14.5 Å². The molecule has 0 spiro atoms. The Balaban J connectivity index is 2.05. The third kappa shape index (κ3) is 2.28. The molecule has 0 saturated carbocycles. The van der Waals surface area contributed by atoms with Crippen LogP contribution in [0.5, 0.6) is 0 Å². The van der Waals surface area contributed by atoms with Crippen molar-refractivity contribution >= 4 is 0 Å². The largest absolute Gasteiger partial charge is 0.395 e. The van der Waals surface area contributed by atoms with E-state index in [0.29, 0.717) is 12.1 Å². The van der Waals surface area contributed by atoms with Crippen molar-refractivity contribution in [3.05, 3.63) is 18.2 Å². The Morgan fingerprint density at radius 1 is 1.56 bits per heavy atom. The van der Waals surface area contributed by atoms with E-state index < -0.39 is 0 Å². The fraction of sp³-hybridized carbons (Fsp3) is 0.750. The van der Waals surface area contributed by atoms with Crippen LogP contribution >= 0.6 is 0 Å². The van der Waals surface area contributed by atoms with E-state index in [-0.39, 0.29) is 6.61 Å². The number of imidazole rings is 1. The van der Waals surface area contributed by atoms with Gasteiger partial charge >= 0.3 is 0 Å². The van der Waals surface area contributed by atoms with Crippen LogP contribution in [-0.2, 0) is 6.54 Å². The smallest absolute Gasteiger partial charge is 0.0951 e. The van der Waals surface area contributed by atoms with Crippen molar-refractivity contribution in [2.24, 2.45) is 0 Å². The lowest BCUT2D eigenvalue weighted by atomic mass is 10.2. The first-order valence-corrected chi connectivity index (χ1v) is 6.08. The van der Waals surface area contributed by atoms with Crippen LogP contribution in [0.15, 0.2) is 12.5 Å². The summed E-state index contributed by atoms with van der Waals surface area (Å²) in [7, 11) is 0. The lowest BCUT2D eigenvalue weighted by Gasteiger charge is -2.23. The predicted molar refractivity (Wildman–Crippen MR) is 63.1 cm³/mol. The number of likely N-dealkylation sites (tertiary alicyclic amines) is 1. The van der Waals surface area contributed by atoms with Gasteiger partial charge < -0.3 is 9.67 Å². The first kappa shape index (κ1) is 11.6. The van der Waals surface area contributed by atoms with Crippen LogP contribution in [0.2, 0.25) is 0 Å². The monoisotopic (exact) mass is 223 g/mol. The molecule has 1 saturated heterocycles. The van der Waals surface area contributed by atoms with E-state index in [2.05, 4.69) is 28.3 Å². The molecule has 0 aromatic carbocycles. The minimum Gasteiger partial charge on any atom is -0.395 e. The summed E-state index contributed by atoms with van der Waals surface area (Å²) in [6.45, 7) is 6.60. The SMILES string of the molecule is CC(C)n1cncc1CN1CCC[C@H]1CO. The van der Waals surface area contributed by atoms with Gasteiger partial charge in [-0.1, -0.05) is 0 Å². The Labute approximate surface area is 96.9 Å². The highest BCUT2D eigenvalue weighted by molar-refractivity contribution is 5.01. The van der Waals surface area contributed by atoms with Crippen molar-refractivity contribution in [3.8, 4) is 0 Å². The average Bonchev–Trinajstić information content (AvgIpc) is 2.86. The fourth-order valence-corrected chi connectivity index (χ4v) is 2.44. The van der Waals surface area contributed by atoms with Crippen LogP contribution in [-0.4, -0.2) is 38.8 Å². The van der Waals surface area contributed by atoms with Gasteiger partial charge in [-0.15, -0.1) is 0 Å². The van der Waals surface area contributed by atoms with Crippen LogP contribution in [0.1, 0.15) is 38.4 Å². The molecular formula is C12H21N3O. The van der Waals surface area contributed by atoms with E-state index in [1.54, 1.807) is 0 Å². The molecule has 90 valence electrons. The maximum atomic E-state index is 9.28. The van der Waals surface area contributed by atoms with Gasteiger partial charge in [-0.25, -0.2) is 4.98 Å². The summed E-state index contributed by atoms with van der Waals surface area (Å²) in [4.78, 5) is 6.57. The molecule has 2 rings (SSSR count). The molecule has 1 aromatic rings. The van der Waals surface area contributed by atoms with Crippen molar-refractivity contribution in [2.75, 3.05) is 13.2 Å². The maximum absolute atomic E-state index is 9.28. The zero-order chi connectivity index (χ0) is 11.5. The first-order chi connectivity index (χ1) is 7.72. The molecule has 0 bridgehead atoms. The number of rotatable bonds is 4. The minimum atomic E-state index is 0.274. The van der Waals surface area contributed by atoms with E-state index in [1.165, 1.54) is 12.1 Å². The van der Waals surface area contributed by atoms with Crippen LogP contribution in [0.25, 0.3) is 0 Å². The second-order valence-electron chi connectivity index (χ2n) is 4.84. The normalized spacial score (nSPS) is 22.1. The fourth-order valence-electron chi connectivity index (χ4n) is 2.44. The molecule has 1 N–H and O–H groups in total. The molecule has 0 aliphatic carbocycles. The summed E-state index contributed by atoms with van der Waals surface area (Å²) in [6, 6.07) is 0.795. The minimum absolute atomic E-state index is 0.274. The Hall–Kier alpha value is -0.870. The van der Waals surface area contributed by atoms with Gasteiger partial charge in [0.05, 0.1) is 18.6 Å². The van der Waals surface area contributed by atoms with Crippen LogP contribution in [0.4, 0.5) is 0 Å². The Morgan fingerprint density at radius 3 is 3.06 bits per heavy atom. The number of aliphatic hydroxyl groups excluding tert-OH is 1. The molecule has 1 aromatic heterocycles. The molecule has 1 aliphatic heterocycles. The molecule has 1 fully saturated rings. The van der Waals surface area contributed by atoms with Crippen molar-refractivity contribution in [1.29, 1.82) is 0 Å². The van der Waals surface area contributed by atoms with Crippen molar-refractivity contribution in [3.63, 3.8) is 0 Å². The summed E-state index contributed by atoms with van der Waals surface area (Å²) in [5.41, 5.74) is 1.25. The van der Waals surface area contributed by atoms with Gasteiger partial charge in [0.15, 0.2) is 0 Å². The molecule has 0 radical (unpaired) electrons. The quantitative estimate of drug-likeness (QED) is 0.839. The molecule has 2 heterocycles. The molecule has 1 atom stereocenters. The van der Waals surface area contributed by atoms with Crippen molar-refractivity contribution in [2.45, 2.75) is 45.3 Å². The van der Waals surface area contributed by atoms with E-state index in [4.69, 9.17) is 0 Å². The molecule has 16 heavy (non-hydrogen) atoms. The van der Waals surface area contributed by atoms with Gasteiger partial charge in [0, 0.05) is 24.8 Å². The summed E-state index contributed by atoms with van der Waals surface area (Å²) < 4.78 is 2.20. The van der Waals surface area contributed by atoms with Gasteiger partial charge in [-0.2, -0.15) is 0 Å². The summed E-state index contributed by atoms with van der Waals surface area (Å²) in [5, 5.41) is 9.28. The zero-order valence-corrected chi connectivity index (χ0v) is 10.1. The lowest BCUT2D eigenvalue weighted by molar-refractivity contribution is 0.151. The predicted octanol–water partition coefficient (Wildman–Crippen LogP) is 1.42. The van der Waals surface area contributed by atoms with Gasteiger partial charge in [-0.05, 0) is 33.2 Å². The van der Waals surface area contributed by atoms with Gasteiger partial charge in [0.1, 0.15) is 0 Å². The second-order valence-corrected chi connectivity index (χ2v) is 4.84. The molecular weight excluding hydrogens is 202 g/mol. The standard InChI is InChI=1S/C12H21N3O/c1-10(2)15-9-13-6-12(15)7-14-5-3-4-11(14)8-16/h6,9-11,16H,3-5,7-8H2,1-2H3/t11-/m0/s1. The lowest BCUT2D eigenvalue weighted by Crippen LogP contribution is -2.32. The number of nitrogens with zero attached hydrogens (tertiary/aromatic N) is 3. The topological polar surface area (TPSA) is 41.3 Å². The van der Waals surface area contributed by atoms with Gasteiger partial charge in [0.25, 0.3) is 0 Å². The third-order valence-corrected chi connectivity index (χ3v) is 3.38. The Bertz CT molecular complexity index is 335. The highest BCUT2D eigenvalue weighted by Crippen LogP contribution is 2.20. The summed E-state index contributed by atoms with van der Waals surface area (Å²) in [5.74, 6) is 0. The molecule has 4 nitrogen and oxygen atoms in total. The highest BCUT2D eigenvalue weighted by atomic mass is 16.3. The molecule has 1 aliphatic rings. The second kappa shape index (κ2) is 4.97. The first-order valence-electron chi connectivity index (χ1n) is 6.08. The Kier molecular flexibility index (Phi) is 3.61. The van der Waals surface area contributed by atoms with E-state index in [1.807, 2.05) is 12.5 Å². The number of aromatic nitrogens is 2.